The summed E-state index contributed by atoms with van der Waals surface area (Å²) in [7, 11) is 0. The molecule has 1 aromatic carbocycles. The summed E-state index contributed by atoms with van der Waals surface area (Å²) in [6.45, 7) is 3.88. The summed E-state index contributed by atoms with van der Waals surface area (Å²) >= 11 is 0. The van der Waals surface area contributed by atoms with E-state index in [2.05, 4.69) is 59.6 Å². The van der Waals surface area contributed by atoms with Crippen molar-refractivity contribution in [2.75, 3.05) is 18.0 Å². The number of nitrogens with zero attached hydrogens (tertiary/aromatic N) is 8. The predicted molar refractivity (Wildman–Crippen MR) is 133 cm³/mol. The van der Waals surface area contributed by atoms with Gasteiger partial charge >= 0.3 is 0 Å². The van der Waals surface area contributed by atoms with Gasteiger partial charge in [-0.3, -0.25) is 0 Å². The third kappa shape index (κ3) is 4.32. The highest BCUT2D eigenvalue weighted by Crippen LogP contribution is 2.25. The number of anilines is 1. The second-order valence-electron chi connectivity index (χ2n) is 8.67. The maximum absolute atomic E-state index is 6.24. The quantitative estimate of drug-likeness (QED) is 0.374. The summed E-state index contributed by atoms with van der Waals surface area (Å²) in [5.41, 5.74) is 3.21. The summed E-state index contributed by atoms with van der Waals surface area (Å²) < 4.78 is 10.1. The Balaban J connectivity index is 1.10. The molecule has 0 atom stereocenters. The van der Waals surface area contributed by atoms with Gasteiger partial charge in [0.15, 0.2) is 0 Å². The zero-order valence-corrected chi connectivity index (χ0v) is 19.5. The molecule has 1 aliphatic heterocycles. The molecule has 0 N–H and O–H groups in total. The summed E-state index contributed by atoms with van der Waals surface area (Å²) in [4.78, 5) is 19.9. The van der Waals surface area contributed by atoms with Crippen LogP contribution in [0.4, 0.5) is 5.95 Å². The maximum Gasteiger partial charge on any atom is 0.225 e. The fourth-order valence-electron chi connectivity index (χ4n) is 4.46. The first-order valence-electron chi connectivity index (χ1n) is 11.9. The normalized spacial score (nSPS) is 14.5. The molecule has 4 aromatic heterocycles. The Morgan fingerprint density at radius 1 is 0.971 bits per heavy atom. The molecule has 1 aliphatic rings. The lowest BCUT2D eigenvalue weighted by molar-refractivity contribution is 0.170. The number of ether oxygens (including phenoxy) is 1. The number of aromatic nitrogens is 7. The van der Waals surface area contributed by atoms with Crippen molar-refractivity contribution >= 4 is 16.9 Å². The third-order valence-corrected chi connectivity index (χ3v) is 6.45. The van der Waals surface area contributed by atoms with Gasteiger partial charge in [-0.2, -0.15) is 5.10 Å². The van der Waals surface area contributed by atoms with Gasteiger partial charge in [0, 0.05) is 49.9 Å². The Labute approximate surface area is 203 Å². The minimum Gasteiger partial charge on any atom is -0.489 e. The molecule has 0 saturated carbocycles. The lowest BCUT2D eigenvalue weighted by Crippen LogP contribution is -2.39. The van der Waals surface area contributed by atoms with Crippen LogP contribution in [0.25, 0.3) is 22.4 Å². The van der Waals surface area contributed by atoms with Crippen molar-refractivity contribution in [1.82, 2.24) is 34.3 Å². The molecule has 0 amide bonds. The Morgan fingerprint density at radius 3 is 2.54 bits per heavy atom. The van der Waals surface area contributed by atoms with Gasteiger partial charge in [-0.15, -0.1) is 0 Å². The molecule has 6 rings (SSSR count). The van der Waals surface area contributed by atoms with Gasteiger partial charge in [0.25, 0.3) is 0 Å². The standard InChI is InChI=1S/C26H26N8O/c1-2-19-14-29-26(30-15-19)32-10-8-22(9-11-32)35-23-4-6-25(28-16-23)33-12-7-20-13-21(3-5-24(20)33)34-18-27-17-31-34/h3-7,12-18,22H,2,8-11H2,1H3. The van der Waals surface area contributed by atoms with Crippen molar-refractivity contribution in [2.45, 2.75) is 32.3 Å². The van der Waals surface area contributed by atoms with Gasteiger partial charge in [-0.1, -0.05) is 6.92 Å². The first-order chi connectivity index (χ1) is 17.3. The summed E-state index contributed by atoms with van der Waals surface area (Å²) in [6.07, 6.45) is 13.9. The number of hydrogen-bond acceptors (Lipinski definition) is 7. The van der Waals surface area contributed by atoms with E-state index in [1.807, 2.05) is 43.0 Å². The highest BCUT2D eigenvalue weighted by molar-refractivity contribution is 5.83. The van der Waals surface area contributed by atoms with Crippen LogP contribution in [0, 0.1) is 0 Å². The van der Waals surface area contributed by atoms with E-state index in [4.69, 9.17) is 4.74 Å². The van der Waals surface area contributed by atoms with Crippen LogP contribution < -0.4 is 9.64 Å². The molecule has 0 radical (unpaired) electrons. The van der Waals surface area contributed by atoms with Crippen molar-refractivity contribution in [2.24, 2.45) is 0 Å². The molecule has 0 spiro atoms. The molecular weight excluding hydrogens is 440 g/mol. The SMILES string of the molecule is CCc1cnc(N2CCC(Oc3ccc(-n4ccc5cc(-n6cncn6)ccc54)nc3)CC2)nc1. The van der Waals surface area contributed by atoms with Crippen molar-refractivity contribution in [3.05, 3.63) is 79.4 Å². The van der Waals surface area contributed by atoms with E-state index in [0.29, 0.717) is 0 Å². The van der Waals surface area contributed by atoms with Crippen LogP contribution >= 0.6 is 0 Å². The zero-order valence-electron chi connectivity index (χ0n) is 19.5. The van der Waals surface area contributed by atoms with Gasteiger partial charge in [-0.25, -0.2) is 24.6 Å². The number of benzene rings is 1. The average Bonchev–Trinajstić information content (AvgIpc) is 3.60. The van der Waals surface area contributed by atoms with Crippen molar-refractivity contribution in [3.63, 3.8) is 0 Å². The van der Waals surface area contributed by atoms with Crippen molar-refractivity contribution in [1.29, 1.82) is 0 Å². The Hall–Kier alpha value is -4.27. The molecule has 9 heteroatoms. The molecular formula is C26H26N8O. The molecule has 0 aliphatic carbocycles. The largest absolute Gasteiger partial charge is 0.489 e. The van der Waals surface area contributed by atoms with Gasteiger partial charge in [-0.05, 0) is 48.4 Å². The molecule has 176 valence electrons. The summed E-state index contributed by atoms with van der Waals surface area (Å²) in [6, 6.07) is 12.3. The number of piperidine rings is 1. The Kier molecular flexibility index (Phi) is 5.57. The van der Waals surface area contributed by atoms with Crippen LogP contribution in [0.2, 0.25) is 0 Å². The zero-order chi connectivity index (χ0) is 23.6. The fourth-order valence-corrected chi connectivity index (χ4v) is 4.46. The number of fused-ring (bicyclic) bond motifs is 1. The Morgan fingerprint density at radius 2 is 1.83 bits per heavy atom. The molecule has 1 fully saturated rings. The average molecular weight is 467 g/mol. The molecule has 1 saturated heterocycles. The van der Waals surface area contributed by atoms with Gasteiger partial charge in [0.05, 0.1) is 17.4 Å². The number of pyridine rings is 1. The van der Waals surface area contributed by atoms with Crippen LogP contribution in [0.5, 0.6) is 5.75 Å². The minimum absolute atomic E-state index is 0.163. The topological polar surface area (TPSA) is 86.8 Å². The highest BCUT2D eigenvalue weighted by Gasteiger charge is 2.22. The van der Waals surface area contributed by atoms with Crippen LogP contribution in [0.3, 0.4) is 0 Å². The first kappa shape index (κ1) is 21.3. The van der Waals surface area contributed by atoms with Gasteiger partial charge in [0.2, 0.25) is 5.95 Å². The van der Waals surface area contributed by atoms with Crippen LogP contribution in [-0.4, -0.2) is 53.5 Å². The molecule has 5 heterocycles. The van der Waals surface area contributed by atoms with Crippen LogP contribution in [0.1, 0.15) is 25.3 Å². The van der Waals surface area contributed by atoms with E-state index in [1.54, 1.807) is 11.0 Å². The molecule has 35 heavy (non-hydrogen) atoms. The molecule has 0 unspecified atom stereocenters. The Bertz CT molecular complexity index is 1400. The molecule has 5 aromatic rings. The van der Waals surface area contributed by atoms with Gasteiger partial charge in [0.1, 0.15) is 30.3 Å². The van der Waals surface area contributed by atoms with Crippen molar-refractivity contribution < 1.29 is 4.74 Å². The number of hydrogen-bond donors (Lipinski definition) is 0. The van der Waals surface area contributed by atoms with E-state index in [9.17, 15) is 0 Å². The monoisotopic (exact) mass is 466 g/mol. The lowest BCUT2D eigenvalue weighted by atomic mass is 10.1. The number of rotatable bonds is 6. The van der Waals surface area contributed by atoms with Crippen LogP contribution in [-0.2, 0) is 6.42 Å². The lowest BCUT2D eigenvalue weighted by Gasteiger charge is -2.32. The van der Waals surface area contributed by atoms with Crippen LogP contribution in [0.15, 0.2) is 73.8 Å². The first-order valence-corrected chi connectivity index (χ1v) is 11.9. The minimum atomic E-state index is 0.163. The third-order valence-electron chi connectivity index (χ3n) is 6.45. The summed E-state index contributed by atoms with van der Waals surface area (Å²) in [5.74, 6) is 2.45. The summed E-state index contributed by atoms with van der Waals surface area (Å²) in [5, 5.41) is 5.32. The van der Waals surface area contributed by atoms with E-state index in [-0.39, 0.29) is 6.10 Å². The van der Waals surface area contributed by atoms with E-state index < -0.39 is 0 Å². The van der Waals surface area contributed by atoms with Crippen molar-refractivity contribution in [3.8, 4) is 17.3 Å². The van der Waals surface area contributed by atoms with E-state index >= 15 is 0 Å². The fraction of sp³-hybridized carbons (Fsp3) is 0.269. The van der Waals surface area contributed by atoms with Gasteiger partial charge < -0.3 is 14.2 Å². The molecule has 9 nitrogen and oxygen atoms in total. The second kappa shape index (κ2) is 9.17. The predicted octanol–water partition coefficient (Wildman–Crippen LogP) is 4.01. The van der Waals surface area contributed by atoms with E-state index in [0.717, 1.165) is 72.0 Å². The smallest absolute Gasteiger partial charge is 0.225 e. The molecule has 0 bridgehead atoms. The second-order valence-corrected chi connectivity index (χ2v) is 8.67. The number of aryl methyl sites for hydroxylation is 1. The maximum atomic E-state index is 6.24. The van der Waals surface area contributed by atoms with E-state index in [1.165, 1.54) is 6.33 Å². The highest BCUT2D eigenvalue weighted by atomic mass is 16.5.